The Morgan fingerprint density at radius 1 is 1.24 bits per heavy atom. The maximum atomic E-state index is 12.3. The molecule has 1 heterocycles. The molecule has 1 aromatic carbocycles. The van der Waals surface area contributed by atoms with E-state index in [1.165, 1.54) is 11.3 Å². The third-order valence-electron chi connectivity index (χ3n) is 4.00. The second-order valence-corrected chi connectivity index (χ2v) is 6.99. The Hall–Kier alpha value is -2.32. The van der Waals surface area contributed by atoms with Crippen LogP contribution in [0.1, 0.15) is 50.9 Å². The van der Waals surface area contributed by atoms with Gasteiger partial charge in [-0.25, -0.2) is 0 Å². The first-order valence-electron chi connectivity index (χ1n) is 8.19. The molecule has 1 aromatic heterocycles. The topological polar surface area (TPSA) is 93.2 Å². The van der Waals surface area contributed by atoms with Crippen molar-refractivity contribution in [3.8, 4) is 0 Å². The normalized spacial score (nSPS) is 14.4. The lowest BCUT2D eigenvalue weighted by molar-refractivity contribution is 0.0936. The molecule has 0 atom stereocenters. The van der Waals surface area contributed by atoms with Crippen molar-refractivity contribution >= 4 is 28.8 Å². The predicted octanol–water partition coefficient (Wildman–Crippen LogP) is 2.61. The Balaban J connectivity index is 1.64. The number of nitrogens with one attached hydrogen (secondary N) is 2. The van der Waals surface area contributed by atoms with Gasteiger partial charge in [0.15, 0.2) is 0 Å². The molecule has 2 N–H and O–H groups in total. The van der Waals surface area contributed by atoms with Gasteiger partial charge in [0.1, 0.15) is 5.01 Å². The Morgan fingerprint density at radius 2 is 2.04 bits per heavy atom. The van der Waals surface area contributed by atoms with Gasteiger partial charge in [-0.3, -0.25) is 9.59 Å². The van der Waals surface area contributed by atoms with Crippen LogP contribution < -0.4 is 10.6 Å². The highest BCUT2D eigenvalue weighted by Crippen LogP contribution is 2.19. The molecule has 0 saturated heterocycles. The minimum absolute atomic E-state index is 0.110. The van der Waals surface area contributed by atoms with Gasteiger partial charge in [-0.1, -0.05) is 30.2 Å². The van der Waals surface area contributed by atoms with Crippen molar-refractivity contribution < 1.29 is 14.3 Å². The van der Waals surface area contributed by atoms with Crippen LogP contribution in [0.5, 0.6) is 0 Å². The molecule has 1 aliphatic rings. The maximum Gasteiger partial charge on any atom is 0.286 e. The second kappa shape index (κ2) is 8.17. The minimum Gasteiger partial charge on any atom is -0.377 e. The number of ether oxygens (including phenoxy) is 1. The molecule has 1 aliphatic carbocycles. The molecule has 2 aromatic rings. The fourth-order valence-electron chi connectivity index (χ4n) is 2.79. The summed E-state index contributed by atoms with van der Waals surface area (Å²) in [5.74, 6) is -0.463. The first-order chi connectivity index (χ1) is 12.2. The molecule has 3 rings (SSSR count). The molecule has 0 aliphatic heterocycles. The average Bonchev–Trinajstić information content (AvgIpc) is 3.27. The van der Waals surface area contributed by atoms with E-state index in [-0.39, 0.29) is 22.9 Å². The Morgan fingerprint density at radius 3 is 2.80 bits per heavy atom. The number of rotatable bonds is 6. The molecule has 0 spiro atoms. The highest BCUT2D eigenvalue weighted by atomic mass is 32.1. The van der Waals surface area contributed by atoms with Crippen LogP contribution in [-0.2, 0) is 11.3 Å². The predicted molar refractivity (Wildman–Crippen MR) is 94.7 cm³/mol. The summed E-state index contributed by atoms with van der Waals surface area (Å²) in [6.45, 7) is 0.321. The summed E-state index contributed by atoms with van der Waals surface area (Å²) in [6, 6.07) is 7.14. The molecule has 0 unspecified atom stereocenters. The van der Waals surface area contributed by atoms with Crippen molar-refractivity contribution in [1.29, 1.82) is 0 Å². The zero-order valence-corrected chi connectivity index (χ0v) is 14.8. The van der Waals surface area contributed by atoms with Gasteiger partial charge < -0.3 is 15.4 Å². The van der Waals surface area contributed by atoms with Gasteiger partial charge >= 0.3 is 0 Å². The molecule has 1 fully saturated rings. The van der Waals surface area contributed by atoms with E-state index in [0.717, 1.165) is 25.7 Å². The number of carbonyl (C=O) groups excluding carboxylic acids is 2. The molecule has 2 amide bonds. The lowest BCUT2D eigenvalue weighted by atomic mass is 10.1. The molecular formula is C17H20N4O3S. The second-order valence-electron chi connectivity index (χ2n) is 5.92. The minimum atomic E-state index is -0.354. The molecule has 132 valence electrons. The maximum absolute atomic E-state index is 12.3. The number of hydrogen-bond acceptors (Lipinski definition) is 6. The molecule has 0 radical (unpaired) electrons. The van der Waals surface area contributed by atoms with Gasteiger partial charge in [-0.05, 0) is 31.0 Å². The fraction of sp³-hybridized carbons (Fsp3) is 0.412. The van der Waals surface area contributed by atoms with Gasteiger partial charge in [-0.15, -0.1) is 10.2 Å². The SMILES string of the molecule is COCc1nnc(C(=O)Nc2cccc(C(=O)NC3CCCC3)c2)s1. The number of nitrogens with zero attached hydrogens (tertiary/aromatic N) is 2. The van der Waals surface area contributed by atoms with Gasteiger partial charge in [0, 0.05) is 24.4 Å². The number of aromatic nitrogens is 2. The van der Waals surface area contributed by atoms with E-state index in [1.807, 2.05) is 0 Å². The summed E-state index contributed by atoms with van der Waals surface area (Å²) >= 11 is 1.18. The Bertz CT molecular complexity index is 756. The zero-order valence-electron chi connectivity index (χ0n) is 13.9. The van der Waals surface area contributed by atoms with Crippen LogP contribution in [0.3, 0.4) is 0 Å². The average molecular weight is 360 g/mol. The van der Waals surface area contributed by atoms with Crippen molar-refractivity contribution in [2.24, 2.45) is 0 Å². The third kappa shape index (κ3) is 4.61. The standard InChI is InChI=1S/C17H20N4O3S/c1-24-10-14-20-21-17(25-14)16(23)19-13-8-4-5-11(9-13)15(22)18-12-6-2-3-7-12/h4-5,8-9,12H,2-3,6-7,10H2,1H3,(H,18,22)(H,19,23). The number of hydrogen-bond donors (Lipinski definition) is 2. The van der Waals surface area contributed by atoms with Crippen LogP contribution >= 0.6 is 11.3 Å². The number of methoxy groups -OCH3 is 1. The fourth-order valence-corrected chi connectivity index (χ4v) is 3.50. The van der Waals surface area contributed by atoms with E-state index in [1.54, 1.807) is 31.4 Å². The van der Waals surface area contributed by atoms with Crippen molar-refractivity contribution in [3.63, 3.8) is 0 Å². The highest BCUT2D eigenvalue weighted by Gasteiger charge is 2.18. The number of anilines is 1. The largest absolute Gasteiger partial charge is 0.377 e. The summed E-state index contributed by atoms with van der Waals surface area (Å²) in [4.78, 5) is 24.6. The van der Waals surface area contributed by atoms with Crippen LogP contribution in [-0.4, -0.2) is 35.2 Å². The first-order valence-corrected chi connectivity index (χ1v) is 9.01. The molecule has 8 heteroatoms. The van der Waals surface area contributed by atoms with Crippen LogP contribution in [0.15, 0.2) is 24.3 Å². The summed E-state index contributed by atoms with van der Waals surface area (Å²) < 4.78 is 4.97. The van der Waals surface area contributed by atoms with E-state index in [4.69, 9.17) is 4.74 Å². The van der Waals surface area contributed by atoms with Crippen LogP contribution in [0.25, 0.3) is 0 Å². The number of carbonyl (C=O) groups is 2. The molecule has 0 bridgehead atoms. The molecule has 25 heavy (non-hydrogen) atoms. The lowest BCUT2D eigenvalue weighted by Gasteiger charge is -2.12. The van der Waals surface area contributed by atoms with E-state index >= 15 is 0 Å². The van der Waals surface area contributed by atoms with Crippen molar-refractivity contribution in [2.75, 3.05) is 12.4 Å². The summed E-state index contributed by atoms with van der Waals surface area (Å²) in [5, 5.41) is 14.4. The quantitative estimate of drug-likeness (QED) is 0.826. The molecule has 1 saturated carbocycles. The first kappa shape index (κ1) is 17.5. The zero-order chi connectivity index (χ0) is 17.6. The summed E-state index contributed by atoms with van der Waals surface area (Å²) in [7, 11) is 1.56. The van der Waals surface area contributed by atoms with Crippen molar-refractivity contribution in [2.45, 2.75) is 38.3 Å². The van der Waals surface area contributed by atoms with Crippen molar-refractivity contribution in [3.05, 3.63) is 39.8 Å². The molecular weight excluding hydrogens is 340 g/mol. The molecule has 7 nitrogen and oxygen atoms in total. The smallest absolute Gasteiger partial charge is 0.286 e. The highest BCUT2D eigenvalue weighted by molar-refractivity contribution is 7.13. The monoisotopic (exact) mass is 360 g/mol. The third-order valence-corrected chi connectivity index (χ3v) is 4.90. The van der Waals surface area contributed by atoms with Gasteiger partial charge in [0.2, 0.25) is 5.01 Å². The Kier molecular flexibility index (Phi) is 5.72. The number of benzene rings is 1. The lowest BCUT2D eigenvalue weighted by Crippen LogP contribution is -2.32. The van der Waals surface area contributed by atoms with E-state index in [0.29, 0.717) is 22.9 Å². The number of amides is 2. The van der Waals surface area contributed by atoms with Gasteiger partial charge in [-0.2, -0.15) is 0 Å². The van der Waals surface area contributed by atoms with Gasteiger partial charge in [0.25, 0.3) is 11.8 Å². The van der Waals surface area contributed by atoms with Crippen LogP contribution in [0, 0.1) is 0 Å². The Labute approximate surface area is 149 Å². The van der Waals surface area contributed by atoms with Crippen molar-refractivity contribution in [1.82, 2.24) is 15.5 Å². The van der Waals surface area contributed by atoms with E-state index in [2.05, 4.69) is 20.8 Å². The summed E-state index contributed by atoms with van der Waals surface area (Å²) in [5.41, 5.74) is 1.08. The van der Waals surface area contributed by atoms with Crippen LogP contribution in [0.2, 0.25) is 0 Å². The van der Waals surface area contributed by atoms with Gasteiger partial charge in [0.05, 0.1) is 6.61 Å². The van der Waals surface area contributed by atoms with E-state index in [9.17, 15) is 9.59 Å². The summed E-state index contributed by atoms with van der Waals surface area (Å²) in [6.07, 6.45) is 4.38. The van der Waals surface area contributed by atoms with E-state index < -0.39 is 0 Å². The van der Waals surface area contributed by atoms with Crippen LogP contribution in [0.4, 0.5) is 5.69 Å².